The predicted octanol–water partition coefficient (Wildman–Crippen LogP) is 0.533. The predicted molar refractivity (Wildman–Crippen MR) is 43.8 cm³/mol. The third-order valence-electron chi connectivity index (χ3n) is 2.51. The van der Waals surface area contributed by atoms with Gasteiger partial charge in [0.25, 0.3) is 0 Å². The molecule has 0 aromatic heterocycles. The van der Waals surface area contributed by atoms with Gasteiger partial charge in [-0.3, -0.25) is 0 Å². The highest BCUT2D eigenvalue weighted by atomic mass is 15.2. The largest absolute Gasteiger partial charge is 0.329 e. The van der Waals surface area contributed by atoms with Crippen LogP contribution < -0.4 is 5.73 Å². The first-order chi connectivity index (χ1) is 4.74. The van der Waals surface area contributed by atoms with Crippen molar-refractivity contribution in [2.75, 3.05) is 26.2 Å². The van der Waals surface area contributed by atoms with Gasteiger partial charge in [0.2, 0.25) is 0 Å². The Morgan fingerprint density at radius 1 is 1.30 bits per heavy atom. The molecule has 1 rings (SSSR count). The molecule has 0 aliphatic carbocycles. The van der Waals surface area contributed by atoms with E-state index in [4.69, 9.17) is 5.73 Å². The van der Waals surface area contributed by atoms with Gasteiger partial charge >= 0.3 is 0 Å². The van der Waals surface area contributed by atoms with Crippen LogP contribution >= 0.6 is 0 Å². The number of nitrogens with zero attached hydrogens (tertiary/aromatic N) is 1. The van der Waals surface area contributed by atoms with E-state index < -0.39 is 0 Å². The monoisotopic (exact) mass is 142 g/mol. The lowest BCUT2D eigenvalue weighted by Gasteiger charge is -2.12. The summed E-state index contributed by atoms with van der Waals surface area (Å²) in [4.78, 5) is 2.45. The Hall–Kier alpha value is -0.0800. The van der Waals surface area contributed by atoms with Gasteiger partial charge in [0.1, 0.15) is 0 Å². The van der Waals surface area contributed by atoms with E-state index in [0.29, 0.717) is 0 Å². The van der Waals surface area contributed by atoms with E-state index in [9.17, 15) is 0 Å². The van der Waals surface area contributed by atoms with Gasteiger partial charge in [0.15, 0.2) is 0 Å². The molecular formula is C8H18N2. The van der Waals surface area contributed by atoms with Gasteiger partial charge in [0.05, 0.1) is 0 Å². The summed E-state index contributed by atoms with van der Waals surface area (Å²) in [5.41, 5.74) is 5.46. The minimum absolute atomic E-state index is 0.805. The third-order valence-corrected chi connectivity index (χ3v) is 2.51. The molecule has 1 fully saturated rings. The van der Waals surface area contributed by atoms with Crippen LogP contribution in [-0.2, 0) is 0 Å². The van der Waals surface area contributed by atoms with Crippen LogP contribution in [0.3, 0.4) is 0 Å². The van der Waals surface area contributed by atoms with E-state index in [1.54, 1.807) is 0 Å². The smallest absolute Gasteiger partial charge is 0.0105 e. The average Bonchev–Trinajstić information content (AvgIpc) is 2.14. The number of likely N-dealkylation sites (tertiary alicyclic amines) is 1. The summed E-state index contributed by atoms with van der Waals surface area (Å²) in [6.45, 7) is 9.02. The second-order valence-corrected chi connectivity index (χ2v) is 3.50. The molecule has 0 unspecified atom stereocenters. The highest BCUT2D eigenvalue weighted by molar-refractivity contribution is 4.78. The lowest BCUT2D eigenvalue weighted by atomic mass is 10.0. The normalized spacial score (nSPS) is 35.1. The first kappa shape index (κ1) is 8.02. The van der Waals surface area contributed by atoms with E-state index >= 15 is 0 Å². The van der Waals surface area contributed by atoms with Crippen LogP contribution in [0, 0.1) is 11.8 Å². The maximum absolute atomic E-state index is 5.46. The van der Waals surface area contributed by atoms with Crippen molar-refractivity contribution in [1.82, 2.24) is 4.90 Å². The molecule has 1 aliphatic heterocycles. The van der Waals surface area contributed by atoms with Gasteiger partial charge in [-0.25, -0.2) is 0 Å². The fourth-order valence-corrected chi connectivity index (χ4v) is 1.61. The van der Waals surface area contributed by atoms with Crippen LogP contribution in [0.25, 0.3) is 0 Å². The molecule has 0 radical (unpaired) electrons. The molecule has 0 amide bonds. The maximum atomic E-state index is 5.46. The molecule has 0 saturated carbocycles. The first-order valence-corrected chi connectivity index (χ1v) is 4.16. The molecule has 2 atom stereocenters. The molecule has 10 heavy (non-hydrogen) atoms. The van der Waals surface area contributed by atoms with Gasteiger partial charge in [-0.15, -0.1) is 0 Å². The molecule has 0 aromatic carbocycles. The molecule has 0 spiro atoms. The molecule has 1 saturated heterocycles. The van der Waals surface area contributed by atoms with Gasteiger partial charge in [-0.1, -0.05) is 13.8 Å². The third kappa shape index (κ3) is 1.70. The molecule has 60 valence electrons. The quantitative estimate of drug-likeness (QED) is 0.609. The Labute approximate surface area is 63.4 Å². The second-order valence-electron chi connectivity index (χ2n) is 3.50. The topological polar surface area (TPSA) is 29.3 Å². The molecular weight excluding hydrogens is 124 g/mol. The van der Waals surface area contributed by atoms with Crippen LogP contribution in [0.15, 0.2) is 0 Å². The zero-order valence-electron chi connectivity index (χ0n) is 7.01. The van der Waals surface area contributed by atoms with Crippen LogP contribution in [0.1, 0.15) is 13.8 Å². The zero-order valence-corrected chi connectivity index (χ0v) is 7.01. The highest BCUT2D eigenvalue weighted by Gasteiger charge is 2.24. The lowest BCUT2D eigenvalue weighted by molar-refractivity contribution is 0.333. The lowest BCUT2D eigenvalue weighted by Crippen LogP contribution is -2.27. The Balaban J connectivity index is 2.27. The molecule has 0 bridgehead atoms. The standard InChI is InChI=1S/C8H18N2/c1-7-5-10(4-3-9)6-8(7)2/h7-8H,3-6,9H2,1-2H3/t7-,8-/m1/s1. The second kappa shape index (κ2) is 3.35. The minimum atomic E-state index is 0.805. The summed E-state index contributed by atoms with van der Waals surface area (Å²) in [7, 11) is 0. The molecule has 1 heterocycles. The highest BCUT2D eigenvalue weighted by Crippen LogP contribution is 2.20. The molecule has 2 heteroatoms. The molecule has 0 aromatic rings. The van der Waals surface area contributed by atoms with Crippen molar-refractivity contribution in [3.05, 3.63) is 0 Å². The molecule has 2 nitrogen and oxygen atoms in total. The van der Waals surface area contributed by atoms with E-state index in [-0.39, 0.29) is 0 Å². The fraction of sp³-hybridized carbons (Fsp3) is 1.00. The number of nitrogens with two attached hydrogens (primary N) is 1. The minimum Gasteiger partial charge on any atom is -0.329 e. The van der Waals surface area contributed by atoms with Crippen molar-refractivity contribution >= 4 is 0 Å². The summed E-state index contributed by atoms with van der Waals surface area (Å²) in [6.07, 6.45) is 0. The Morgan fingerprint density at radius 3 is 2.20 bits per heavy atom. The molecule has 2 N–H and O–H groups in total. The van der Waals surface area contributed by atoms with Gasteiger partial charge in [0, 0.05) is 26.2 Å². The van der Waals surface area contributed by atoms with E-state index in [0.717, 1.165) is 24.9 Å². The van der Waals surface area contributed by atoms with Crippen LogP contribution in [0.5, 0.6) is 0 Å². The van der Waals surface area contributed by atoms with Crippen LogP contribution in [0.4, 0.5) is 0 Å². The van der Waals surface area contributed by atoms with Crippen molar-refractivity contribution in [1.29, 1.82) is 0 Å². The average molecular weight is 142 g/mol. The zero-order chi connectivity index (χ0) is 7.56. The van der Waals surface area contributed by atoms with Crippen LogP contribution in [0.2, 0.25) is 0 Å². The van der Waals surface area contributed by atoms with Crippen molar-refractivity contribution in [2.45, 2.75) is 13.8 Å². The van der Waals surface area contributed by atoms with Crippen molar-refractivity contribution < 1.29 is 0 Å². The Kier molecular flexibility index (Phi) is 2.69. The van der Waals surface area contributed by atoms with E-state index in [2.05, 4.69) is 18.7 Å². The fourth-order valence-electron chi connectivity index (χ4n) is 1.61. The summed E-state index contributed by atoms with van der Waals surface area (Å²) in [5.74, 6) is 1.73. The van der Waals surface area contributed by atoms with E-state index in [1.807, 2.05) is 0 Å². The number of hydrogen-bond acceptors (Lipinski definition) is 2. The summed E-state index contributed by atoms with van der Waals surface area (Å²) < 4.78 is 0. The Morgan fingerprint density at radius 2 is 1.80 bits per heavy atom. The van der Waals surface area contributed by atoms with E-state index in [1.165, 1.54) is 13.1 Å². The van der Waals surface area contributed by atoms with Crippen molar-refractivity contribution in [2.24, 2.45) is 17.6 Å². The number of rotatable bonds is 2. The van der Waals surface area contributed by atoms with Crippen molar-refractivity contribution in [3.8, 4) is 0 Å². The summed E-state index contributed by atoms with van der Waals surface area (Å²) in [5, 5.41) is 0. The number of hydrogen-bond donors (Lipinski definition) is 1. The van der Waals surface area contributed by atoms with Gasteiger partial charge in [-0.2, -0.15) is 0 Å². The first-order valence-electron chi connectivity index (χ1n) is 4.16. The SMILES string of the molecule is C[C@@H]1CN(CCN)C[C@H]1C. The summed E-state index contributed by atoms with van der Waals surface area (Å²) in [6, 6.07) is 0. The van der Waals surface area contributed by atoms with Gasteiger partial charge in [-0.05, 0) is 11.8 Å². The van der Waals surface area contributed by atoms with Crippen LogP contribution in [-0.4, -0.2) is 31.1 Å². The molecule has 1 aliphatic rings. The van der Waals surface area contributed by atoms with Gasteiger partial charge < -0.3 is 10.6 Å². The maximum Gasteiger partial charge on any atom is 0.0105 e. The summed E-state index contributed by atoms with van der Waals surface area (Å²) >= 11 is 0. The van der Waals surface area contributed by atoms with Crippen molar-refractivity contribution in [3.63, 3.8) is 0 Å². The Bertz CT molecular complexity index is 93.4.